The first-order valence-corrected chi connectivity index (χ1v) is 7.77. The van der Waals surface area contributed by atoms with E-state index in [-0.39, 0.29) is 5.97 Å². The number of rotatable bonds is 3. The molecule has 1 aliphatic rings. The second-order valence-electron chi connectivity index (χ2n) is 4.89. The van der Waals surface area contributed by atoms with E-state index in [1.54, 1.807) is 0 Å². The van der Waals surface area contributed by atoms with E-state index in [0.717, 1.165) is 23.7 Å². The van der Waals surface area contributed by atoms with Gasteiger partial charge in [0.15, 0.2) is 0 Å². The highest BCUT2D eigenvalue weighted by molar-refractivity contribution is 7.20. The Labute approximate surface area is 118 Å². The van der Waals surface area contributed by atoms with Gasteiger partial charge in [0.2, 0.25) is 0 Å². The minimum atomic E-state index is -0.296. The molecule has 0 atom stereocenters. The largest absolute Gasteiger partial charge is 0.462 e. The molecule has 106 valence electrons. The molecule has 0 radical (unpaired) electrons. The first-order valence-electron chi connectivity index (χ1n) is 6.96. The second kappa shape index (κ2) is 6.28. The van der Waals surface area contributed by atoms with Gasteiger partial charge in [0.05, 0.1) is 17.2 Å². The van der Waals surface area contributed by atoms with Crippen LogP contribution in [-0.4, -0.2) is 25.7 Å². The number of hydrogen-bond acceptors (Lipinski definition) is 5. The van der Waals surface area contributed by atoms with Gasteiger partial charge in [-0.15, -0.1) is 11.3 Å². The molecule has 0 aliphatic carbocycles. The number of hydrogen-bond donors (Lipinski definition) is 1. The van der Waals surface area contributed by atoms with Crippen molar-refractivity contribution in [3.05, 3.63) is 11.1 Å². The lowest BCUT2D eigenvalue weighted by molar-refractivity contribution is 0.0527. The molecule has 1 aromatic heterocycles. The van der Waals surface area contributed by atoms with Gasteiger partial charge in [0.25, 0.3) is 0 Å². The number of nitrogens with two attached hydrogens (primary N) is 1. The summed E-state index contributed by atoms with van der Waals surface area (Å²) < 4.78 is 5.08. The maximum absolute atomic E-state index is 11.9. The van der Waals surface area contributed by atoms with E-state index in [2.05, 4.69) is 4.90 Å². The molecule has 0 bridgehead atoms. The number of esters is 1. The predicted molar refractivity (Wildman–Crippen MR) is 80.1 cm³/mol. The van der Waals surface area contributed by atoms with Crippen LogP contribution in [0.5, 0.6) is 0 Å². The van der Waals surface area contributed by atoms with Gasteiger partial charge in [-0.3, -0.25) is 0 Å². The molecule has 1 aliphatic heterocycles. The zero-order valence-electron chi connectivity index (χ0n) is 11.7. The van der Waals surface area contributed by atoms with Crippen molar-refractivity contribution in [1.29, 1.82) is 0 Å². The van der Waals surface area contributed by atoms with Crippen LogP contribution in [0.1, 0.15) is 48.5 Å². The zero-order valence-corrected chi connectivity index (χ0v) is 12.5. The molecule has 2 rings (SSSR count). The van der Waals surface area contributed by atoms with Crippen LogP contribution in [0.4, 0.5) is 10.0 Å². The topological polar surface area (TPSA) is 55.6 Å². The number of carbonyl (C=O) groups is 1. The maximum Gasteiger partial charge on any atom is 0.341 e. The van der Waals surface area contributed by atoms with Crippen molar-refractivity contribution in [3.8, 4) is 0 Å². The molecule has 1 aromatic rings. The molecule has 4 nitrogen and oxygen atoms in total. The zero-order chi connectivity index (χ0) is 13.8. The van der Waals surface area contributed by atoms with Crippen molar-refractivity contribution < 1.29 is 9.53 Å². The average molecular weight is 282 g/mol. The van der Waals surface area contributed by atoms with Crippen molar-refractivity contribution in [2.75, 3.05) is 30.3 Å². The third kappa shape index (κ3) is 3.03. The van der Waals surface area contributed by atoms with E-state index >= 15 is 0 Å². The summed E-state index contributed by atoms with van der Waals surface area (Å²) in [7, 11) is 0. The van der Waals surface area contributed by atoms with Gasteiger partial charge in [-0.2, -0.15) is 0 Å². The van der Waals surface area contributed by atoms with E-state index in [9.17, 15) is 4.79 Å². The third-order valence-electron chi connectivity index (χ3n) is 3.52. The predicted octanol–water partition coefficient (Wildman–Crippen LogP) is 3.20. The van der Waals surface area contributed by atoms with Gasteiger partial charge in [-0.1, -0.05) is 12.8 Å². The molecule has 5 heteroatoms. The maximum atomic E-state index is 11.9. The Kier molecular flexibility index (Phi) is 4.69. The molecule has 1 fully saturated rings. The molecule has 0 aromatic carbocycles. The fourth-order valence-corrected chi connectivity index (χ4v) is 3.67. The van der Waals surface area contributed by atoms with Crippen LogP contribution in [0.15, 0.2) is 0 Å². The molecule has 2 heterocycles. The Morgan fingerprint density at radius 1 is 1.32 bits per heavy atom. The second-order valence-corrected chi connectivity index (χ2v) is 5.92. The Balaban J connectivity index is 2.26. The molecule has 0 spiro atoms. The molecule has 19 heavy (non-hydrogen) atoms. The van der Waals surface area contributed by atoms with Crippen LogP contribution in [0, 0.1) is 6.92 Å². The minimum Gasteiger partial charge on any atom is -0.462 e. The smallest absolute Gasteiger partial charge is 0.341 e. The Hall–Kier alpha value is -1.23. The number of carbonyl (C=O) groups excluding carboxylic acids is 1. The molecule has 0 saturated carbocycles. The normalized spacial score (nSPS) is 16.2. The lowest BCUT2D eigenvalue weighted by Gasteiger charge is -2.21. The number of anilines is 2. The van der Waals surface area contributed by atoms with E-state index < -0.39 is 0 Å². The molecule has 0 unspecified atom stereocenters. The van der Waals surface area contributed by atoms with Crippen molar-refractivity contribution in [2.24, 2.45) is 0 Å². The summed E-state index contributed by atoms with van der Waals surface area (Å²) in [5.74, 6) is -0.296. The SMILES string of the molecule is CCOC(=O)c1c(N)sc(N2CCCCCC2)c1C. The summed E-state index contributed by atoms with van der Waals surface area (Å²) in [6.45, 7) is 6.28. The van der Waals surface area contributed by atoms with Crippen LogP contribution < -0.4 is 10.6 Å². The van der Waals surface area contributed by atoms with Crippen molar-refractivity contribution >= 4 is 27.3 Å². The first kappa shape index (κ1) is 14.2. The first-order chi connectivity index (χ1) is 9.15. The summed E-state index contributed by atoms with van der Waals surface area (Å²) in [5.41, 5.74) is 7.55. The van der Waals surface area contributed by atoms with Gasteiger partial charge in [-0.05, 0) is 26.7 Å². The van der Waals surface area contributed by atoms with E-state index in [4.69, 9.17) is 10.5 Å². The molecule has 0 amide bonds. The number of nitrogens with zero attached hydrogens (tertiary/aromatic N) is 1. The van der Waals surface area contributed by atoms with Crippen molar-refractivity contribution in [1.82, 2.24) is 0 Å². The van der Waals surface area contributed by atoms with Crippen LogP contribution in [0.3, 0.4) is 0 Å². The lowest BCUT2D eigenvalue weighted by Crippen LogP contribution is -2.23. The minimum absolute atomic E-state index is 0.296. The van der Waals surface area contributed by atoms with E-state index in [1.807, 2.05) is 13.8 Å². The van der Waals surface area contributed by atoms with Crippen molar-refractivity contribution in [2.45, 2.75) is 39.5 Å². The lowest BCUT2D eigenvalue weighted by atomic mass is 10.2. The number of thiophene rings is 1. The summed E-state index contributed by atoms with van der Waals surface area (Å²) in [6, 6.07) is 0. The van der Waals surface area contributed by atoms with E-state index in [0.29, 0.717) is 17.2 Å². The molecular weight excluding hydrogens is 260 g/mol. The number of ether oxygens (including phenoxy) is 1. The Bertz CT molecular complexity index is 449. The van der Waals surface area contributed by atoms with Gasteiger partial charge < -0.3 is 15.4 Å². The monoisotopic (exact) mass is 282 g/mol. The highest BCUT2D eigenvalue weighted by Gasteiger charge is 2.23. The Morgan fingerprint density at radius 2 is 1.95 bits per heavy atom. The highest BCUT2D eigenvalue weighted by atomic mass is 32.1. The fourth-order valence-electron chi connectivity index (χ4n) is 2.56. The average Bonchev–Trinajstić information content (AvgIpc) is 2.59. The van der Waals surface area contributed by atoms with Crippen LogP contribution in [0.2, 0.25) is 0 Å². The molecule has 1 saturated heterocycles. The summed E-state index contributed by atoms with van der Waals surface area (Å²) in [4.78, 5) is 14.3. The van der Waals surface area contributed by atoms with Crippen LogP contribution in [-0.2, 0) is 4.74 Å². The Morgan fingerprint density at radius 3 is 2.53 bits per heavy atom. The summed E-state index contributed by atoms with van der Waals surface area (Å²) >= 11 is 1.51. The van der Waals surface area contributed by atoms with Gasteiger partial charge in [0, 0.05) is 18.7 Å². The van der Waals surface area contributed by atoms with Gasteiger partial charge >= 0.3 is 5.97 Å². The standard InChI is InChI=1S/C14H22N2O2S/c1-3-18-14(17)11-10(2)13(19-12(11)15)16-8-6-4-5-7-9-16/h3-9,15H2,1-2H3. The van der Waals surface area contributed by atoms with Gasteiger partial charge in [0.1, 0.15) is 5.00 Å². The summed E-state index contributed by atoms with van der Waals surface area (Å²) in [6.07, 6.45) is 5.01. The van der Waals surface area contributed by atoms with Gasteiger partial charge in [-0.25, -0.2) is 4.79 Å². The molecular formula is C14H22N2O2S. The van der Waals surface area contributed by atoms with Crippen LogP contribution >= 0.6 is 11.3 Å². The van der Waals surface area contributed by atoms with Crippen molar-refractivity contribution in [3.63, 3.8) is 0 Å². The number of nitrogen functional groups attached to an aromatic ring is 1. The van der Waals surface area contributed by atoms with Crippen LogP contribution in [0.25, 0.3) is 0 Å². The fraction of sp³-hybridized carbons (Fsp3) is 0.643. The molecule has 2 N–H and O–H groups in total. The highest BCUT2D eigenvalue weighted by Crippen LogP contribution is 2.38. The quantitative estimate of drug-likeness (QED) is 0.865. The summed E-state index contributed by atoms with van der Waals surface area (Å²) in [5, 5.41) is 1.72. The third-order valence-corrected chi connectivity index (χ3v) is 4.70. The van der Waals surface area contributed by atoms with E-state index in [1.165, 1.54) is 37.0 Å².